The molecular formula is C27H20Cl2FN3O4S. The fourth-order valence-corrected chi connectivity index (χ4v) is 6.20. The van der Waals surface area contributed by atoms with E-state index in [4.69, 9.17) is 23.2 Å². The predicted octanol–water partition coefficient (Wildman–Crippen LogP) is 6.07. The minimum absolute atomic E-state index is 0.0812. The van der Waals surface area contributed by atoms with Gasteiger partial charge in [0.15, 0.2) is 5.69 Å². The summed E-state index contributed by atoms with van der Waals surface area (Å²) in [5.74, 6) is -1.74. The third kappa shape index (κ3) is 4.86. The molecular weight excluding hydrogens is 552 g/mol. The van der Waals surface area contributed by atoms with Crippen LogP contribution >= 0.6 is 23.2 Å². The van der Waals surface area contributed by atoms with Crippen LogP contribution in [0.2, 0.25) is 10.0 Å². The molecule has 38 heavy (non-hydrogen) atoms. The molecule has 0 amide bonds. The molecule has 194 valence electrons. The smallest absolute Gasteiger partial charge is 0.356 e. The third-order valence-electron chi connectivity index (χ3n) is 6.18. The molecule has 7 nitrogen and oxygen atoms in total. The number of carboxylic acid groups (broad SMARTS) is 1. The van der Waals surface area contributed by atoms with Crippen molar-refractivity contribution in [1.82, 2.24) is 14.1 Å². The molecule has 1 aliphatic rings. The lowest BCUT2D eigenvalue weighted by molar-refractivity contribution is 0.0688. The van der Waals surface area contributed by atoms with Gasteiger partial charge >= 0.3 is 5.97 Å². The highest BCUT2D eigenvalue weighted by atomic mass is 35.5. The number of carboxylic acids is 1. The zero-order valence-corrected chi connectivity index (χ0v) is 22.2. The maximum atomic E-state index is 13.6. The van der Waals surface area contributed by atoms with Crippen LogP contribution in [0.3, 0.4) is 0 Å². The van der Waals surface area contributed by atoms with Gasteiger partial charge in [0.25, 0.3) is 0 Å². The van der Waals surface area contributed by atoms with E-state index in [1.54, 1.807) is 42.5 Å². The summed E-state index contributed by atoms with van der Waals surface area (Å²) in [5, 5.41) is 14.9. The first kappa shape index (κ1) is 26.1. The number of aromatic nitrogens is 2. The second-order valence-corrected chi connectivity index (χ2v) is 11.6. The van der Waals surface area contributed by atoms with Gasteiger partial charge in [0.2, 0.25) is 10.0 Å². The van der Waals surface area contributed by atoms with E-state index in [1.165, 1.54) is 39.3 Å². The molecule has 0 fully saturated rings. The molecule has 11 heteroatoms. The number of hydrogen-bond acceptors (Lipinski definition) is 4. The molecule has 0 spiro atoms. The summed E-state index contributed by atoms with van der Waals surface area (Å²) in [7, 11) is -4.01. The number of aryl methyl sites for hydroxylation is 1. The van der Waals surface area contributed by atoms with Crippen LogP contribution in [0.4, 0.5) is 4.39 Å². The Hall–Kier alpha value is -3.50. The van der Waals surface area contributed by atoms with Crippen molar-refractivity contribution < 1.29 is 22.7 Å². The lowest BCUT2D eigenvalue weighted by atomic mass is 9.99. The van der Waals surface area contributed by atoms with Gasteiger partial charge in [0, 0.05) is 23.7 Å². The van der Waals surface area contributed by atoms with E-state index in [-0.39, 0.29) is 34.3 Å². The van der Waals surface area contributed by atoms with E-state index < -0.39 is 21.8 Å². The van der Waals surface area contributed by atoms with Crippen LogP contribution in [0.25, 0.3) is 17.3 Å². The minimum atomic E-state index is -4.01. The molecule has 1 aromatic heterocycles. The first-order valence-electron chi connectivity index (χ1n) is 11.4. The molecule has 5 rings (SSSR count). The Morgan fingerprint density at radius 2 is 1.71 bits per heavy atom. The highest BCUT2D eigenvalue weighted by molar-refractivity contribution is 7.89. The summed E-state index contributed by atoms with van der Waals surface area (Å²) < 4.78 is 43.5. The quantitative estimate of drug-likeness (QED) is 0.314. The Kier molecular flexibility index (Phi) is 6.87. The SMILES string of the molecule is Cc1ccc(S(=O)(=O)N2C/C(=C\c3ccc(F)cc3)c3c(c(C(=O)O)nn3-c3ccc(Cl)cc3Cl)C2)cc1. The zero-order valence-electron chi connectivity index (χ0n) is 19.9. The predicted molar refractivity (Wildman–Crippen MR) is 144 cm³/mol. The Balaban J connectivity index is 1.74. The van der Waals surface area contributed by atoms with Crippen LogP contribution in [-0.2, 0) is 16.6 Å². The van der Waals surface area contributed by atoms with E-state index in [9.17, 15) is 22.7 Å². The lowest BCUT2D eigenvalue weighted by Crippen LogP contribution is -2.36. The van der Waals surface area contributed by atoms with Crippen LogP contribution in [0, 0.1) is 12.7 Å². The van der Waals surface area contributed by atoms with E-state index >= 15 is 0 Å². The average Bonchev–Trinajstić information content (AvgIpc) is 3.26. The summed E-state index contributed by atoms with van der Waals surface area (Å²) in [6, 6.07) is 16.8. The highest BCUT2D eigenvalue weighted by Gasteiger charge is 2.37. The molecule has 0 aliphatic carbocycles. The van der Waals surface area contributed by atoms with Gasteiger partial charge in [0.1, 0.15) is 5.82 Å². The number of rotatable bonds is 5. The van der Waals surface area contributed by atoms with Crippen molar-refractivity contribution in [3.05, 3.63) is 111 Å². The molecule has 0 bridgehead atoms. The van der Waals surface area contributed by atoms with E-state index in [0.717, 1.165) is 5.56 Å². The molecule has 0 atom stereocenters. The van der Waals surface area contributed by atoms with Crippen LogP contribution in [0.15, 0.2) is 71.6 Å². The van der Waals surface area contributed by atoms with Gasteiger partial charge in [-0.1, -0.05) is 53.0 Å². The molecule has 0 unspecified atom stereocenters. The Morgan fingerprint density at radius 1 is 1.03 bits per heavy atom. The van der Waals surface area contributed by atoms with Crippen LogP contribution < -0.4 is 0 Å². The zero-order chi connectivity index (χ0) is 27.2. The number of sulfonamides is 1. The first-order chi connectivity index (χ1) is 18.0. The Labute approximate surface area is 228 Å². The van der Waals surface area contributed by atoms with Crippen molar-refractivity contribution in [2.45, 2.75) is 18.4 Å². The topological polar surface area (TPSA) is 92.5 Å². The molecule has 1 aliphatic heterocycles. The monoisotopic (exact) mass is 571 g/mol. The molecule has 4 aromatic rings. The van der Waals surface area contributed by atoms with Crippen molar-refractivity contribution in [2.24, 2.45) is 0 Å². The second kappa shape index (κ2) is 9.99. The maximum Gasteiger partial charge on any atom is 0.356 e. The molecule has 1 N–H and O–H groups in total. The van der Waals surface area contributed by atoms with Gasteiger partial charge in [0.05, 0.1) is 21.3 Å². The van der Waals surface area contributed by atoms with Gasteiger partial charge in [-0.25, -0.2) is 22.3 Å². The van der Waals surface area contributed by atoms with Gasteiger partial charge in [-0.15, -0.1) is 0 Å². The normalized spacial score (nSPS) is 15.0. The first-order valence-corrected chi connectivity index (χ1v) is 13.6. The number of halogens is 3. The van der Waals surface area contributed by atoms with Crippen LogP contribution in [-0.4, -0.2) is 40.1 Å². The van der Waals surface area contributed by atoms with Crippen LogP contribution in [0.5, 0.6) is 0 Å². The molecule has 0 saturated heterocycles. The second-order valence-electron chi connectivity index (χ2n) is 8.80. The number of benzene rings is 3. The largest absolute Gasteiger partial charge is 0.476 e. The van der Waals surface area contributed by atoms with Gasteiger partial charge < -0.3 is 5.11 Å². The molecule has 0 saturated carbocycles. The highest BCUT2D eigenvalue weighted by Crippen LogP contribution is 2.37. The fourth-order valence-electron chi connectivity index (χ4n) is 4.33. The molecule has 3 aromatic carbocycles. The van der Waals surface area contributed by atoms with Gasteiger partial charge in [-0.3, -0.25) is 0 Å². The lowest BCUT2D eigenvalue weighted by Gasteiger charge is -2.29. The number of nitrogens with zero attached hydrogens (tertiary/aromatic N) is 3. The number of hydrogen-bond donors (Lipinski definition) is 1. The third-order valence-corrected chi connectivity index (χ3v) is 8.52. The molecule has 0 radical (unpaired) electrons. The number of aromatic carboxylic acids is 1. The summed E-state index contributed by atoms with van der Waals surface area (Å²) in [6.45, 7) is 1.54. The maximum absolute atomic E-state index is 13.6. The number of carbonyl (C=O) groups is 1. The fraction of sp³-hybridized carbons (Fsp3) is 0.111. The molecule has 2 heterocycles. The van der Waals surface area contributed by atoms with Crippen molar-refractivity contribution in [3.8, 4) is 5.69 Å². The summed E-state index contributed by atoms with van der Waals surface area (Å²) >= 11 is 12.5. The van der Waals surface area contributed by atoms with Crippen molar-refractivity contribution in [2.75, 3.05) is 6.54 Å². The van der Waals surface area contributed by atoms with Gasteiger partial charge in [-0.2, -0.15) is 9.40 Å². The minimum Gasteiger partial charge on any atom is -0.476 e. The van der Waals surface area contributed by atoms with Gasteiger partial charge in [-0.05, 0) is 66.6 Å². The average molecular weight is 572 g/mol. The van der Waals surface area contributed by atoms with Crippen molar-refractivity contribution in [1.29, 1.82) is 0 Å². The Bertz CT molecular complexity index is 1700. The van der Waals surface area contributed by atoms with Crippen LogP contribution in [0.1, 0.15) is 32.9 Å². The van der Waals surface area contributed by atoms with Crippen molar-refractivity contribution >= 4 is 50.8 Å². The standard InChI is InChI=1S/C27H20Cl2FN3O4S/c1-16-2-9-21(10-3-16)38(36,37)32-14-18(12-17-4-7-20(30)8-5-17)26-22(15-32)25(27(34)35)31-33(26)24-11-6-19(28)13-23(24)29/h2-13H,14-15H2,1H3,(H,34,35)/b18-12+. The van der Waals surface area contributed by atoms with Crippen molar-refractivity contribution in [3.63, 3.8) is 0 Å². The summed E-state index contributed by atoms with van der Waals surface area (Å²) in [4.78, 5) is 12.3. The van der Waals surface area contributed by atoms with E-state index in [1.807, 2.05) is 6.92 Å². The Morgan fingerprint density at radius 3 is 2.34 bits per heavy atom. The summed E-state index contributed by atoms with van der Waals surface area (Å²) in [5.41, 5.74) is 2.62. The number of fused-ring (bicyclic) bond motifs is 1. The van der Waals surface area contributed by atoms with E-state index in [2.05, 4.69) is 5.10 Å². The van der Waals surface area contributed by atoms with E-state index in [0.29, 0.717) is 27.5 Å². The summed E-state index contributed by atoms with van der Waals surface area (Å²) in [6.07, 6.45) is 1.68.